The Bertz CT molecular complexity index is 1080. The van der Waals surface area contributed by atoms with Crippen LogP contribution in [0, 0.1) is 0 Å². The topological polar surface area (TPSA) is 30.9 Å². The molecular weight excluding hydrogens is 480 g/mol. The molecule has 0 radical (unpaired) electrons. The molecule has 0 bridgehead atoms. The lowest BCUT2D eigenvalue weighted by Crippen LogP contribution is -2.37. The first-order valence-corrected chi connectivity index (χ1v) is 11.9. The van der Waals surface area contributed by atoms with Crippen LogP contribution in [0.3, 0.4) is 0 Å². The van der Waals surface area contributed by atoms with Gasteiger partial charge in [-0.3, -0.25) is 0 Å². The standard InChI is InChI=1S/C26H27BrN4S/c1-30(2)23-14-10-21(11-15-23)25-18-24(20-8-12-22(27)13-9-20)29-31(25)26(32)28-17-16-19-6-4-3-5-7-19/h3-15,25H,16-18H2,1-2H3,(H,28,32)/t25-/m0/s1. The first kappa shape index (κ1) is 22.5. The van der Waals surface area contributed by atoms with Crippen molar-refractivity contribution in [3.05, 3.63) is 100 Å². The molecule has 164 valence electrons. The van der Waals surface area contributed by atoms with Crippen LogP contribution in [0.4, 0.5) is 5.69 Å². The predicted molar refractivity (Wildman–Crippen MR) is 141 cm³/mol. The molecule has 1 heterocycles. The minimum Gasteiger partial charge on any atom is -0.378 e. The Kier molecular flexibility index (Phi) is 7.22. The molecule has 3 aromatic rings. The molecule has 6 heteroatoms. The summed E-state index contributed by atoms with van der Waals surface area (Å²) in [6.45, 7) is 0.773. The normalized spacial score (nSPS) is 15.4. The van der Waals surface area contributed by atoms with E-state index in [1.54, 1.807) is 0 Å². The third-order valence-electron chi connectivity index (χ3n) is 5.62. The van der Waals surface area contributed by atoms with Crippen molar-refractivity contribution in [2.24, 2.45) is 5.10 Å². The van der Waals surface area contributed by atoms with Crippen LogP contribution in [0.2, 0.25) is 0 Å². The number of hydrazone groups is 1. The molecule has 0 amide bonds. The van der Waals surface area contributed by atoms with Crippen molar-refractivity contribution in [2.45, 2.75) is 18.9 Å². The smallest absolute Gasteiger partial charge is 0.190 e. The van der Waals surface area contributed by atoms with Crippen LogP contribution in [0.1, 0.15) is 29.2 Å². The molecule has 0 unspecified atom stereocenters. The predicted octanol–water partition coefficient (Wildman–Crippen LogP) is 5.78. The van der Waals surface area contributed by atoms with Gasteiger partial charge in [-0.05, 0) is 59.6 Å². The maximum absolute atomic E-state index is 5.79. The SMILES string of the molecule is CN(C)c1ccc([C@@H]2CC(c3ccc(Br)cc3)=NN2C(=S)NCCc2ccccc2)cc1. The molecule has 4 rings (SSSR count). The third-order valence-corrected chi connectivity index (χ3v) is 6.48. The summed E-state index contributed by atoms with van der Waals surface area (Å²) in [5, 5.41) is 11.0. The zero-order chi connectivity index (χ0) is 22.5. The molecule has 0 aromatic heterocycles. The van der Waals surface area contributed by atoms with E-state index in [0.717, 1.165) is 35.1 Å². The fraction of sp³-hybridized carbons (Fsp3) is 0.231. The highest BCUT2D eigenvalue weighted by Gasteiger charge is 2.31. The first-order chi connectivity index (χ1) is 15.5. The molecule has 1 atom stereocenters. The van der Waals surface area contributed by atoms with Crippen molar-refractivity contribution in [3.63, 3.8) is 0 Å². The van der Waals surface area contributed by atoms with Crippen LogP contribution < -0.4 is 10.2 Å². The molecule has 1 aliphatic rings. The van der Waals surface area contributed by atoms with Crippen molar-refractivity contribution in [1.29, 1.82) is 0 Å². The van der Waals surface area contributed by atoms with E-state index in [0.29, 0.717) is 5.11 Å². The Morgan fingerprint density at radius 1 is 1.03 bits per heavy atom. The van der Waals surface area contributed by atoms with Gasteiger partial charge in [0.05, 0.1) is 11.8 Å². The Morgan fingerprint density at radius 3 is 2.38 bits per heavy atom. The van der Waals surface area contributed by atoms with Gasteiger partial charge in [0.1, 0.15) is 0 Å². The molecule has 0 spiro atoms. The quantitative estimate of drug-likeness (QED) is 0.429. The van der Waals surface area contributed by atoms with E-state index in [1.165, 1.54) is 16.8 Å². The molecule has 1 aliphatic heterocycles. The zero-order valence-corrected chi connectivity index (χ0v) is 20.7. The molecule has 32 heavy (non-hydrogen) atoms. The number of thiocarbonyl (C=S) groups is 1. The molecule has 3 aromatic carbocycles. The number of nitrogens with zero attached hydrogens (tertiary/aromatic N) is 3. The van der Waals surface area contributed by atoms with E-state index in [2.05, 4.69) is 113 Å². The lowest BCUT2D eigenvalue weighted by molar-refractivity contribution is 0.364. The highest BCUT2D eigenvalue weighted by molar-refractivity contribution is 9.10. The monoisotopic (exact) mass is 506 g/mol. The van der Waals surface area contributed by atoms with Crippen molar-refractivity contribution in [1.82, 2.24) is 10.3 Å². The Hall–Kier alpha value is -2.70. The third kappa shape index (κ3) is 5.37. The highest BCUT2D eigenvalue weighted by Crippen LogP contribution is 2.33. The fourth-order valence-electron chi connectivity index (χ4n) is 3.81. The summed E-state index contributed by atoms with van der Waals surface area (Å²) in [5.74, 6) is 0. The van der Waals surface area contributed by atoms with Crippen LogP contribution in [0.15, 0.2) is 88.4 Å². The van der Waals surface area contributed by atoms with E-state index in [1.807, 2.05) is 11.1 Å². The average molecular weight is 508 g/mol. The van der Waals surface area contributed by atoms with Crippen LogP contribution in [0.25, 0.3) is 0 Å². The fourth-order valence-corrected chi connectivity index (χ4v) is 4.34. The largest absolute Gasteiger partial charge is 0.378 e. The second-order valence-electron chi connectivity index (χ2n) is 8.07. The summed E-state index contributed by atoms with van der Waals surface area (Å²) < 4.78 is 1.06. The lowest BCUT2D eigenvalue weighted by Gasteiger charge is -2.25. The number of benzene rings is 3. The Labute approximate surface area is 204 Å². The summed E-state index contributed by atoms with van der Waals surface area (Å²) in [5.41, 5.74) is 5.85. The number of halogens is 1. The van der Waals surface area contributed by atoms with Gasteiger partial charge in [-0.2, -0.15) is 5.10 Å². The second kappa shape index (κ2) is 10.3. The first-order valence-electron chi connectivity index (χ1n) is 10.7. The minimum absolute atomic E-state index is 0.0709. The Balaban J connectivity index is 1.53. The minimum atomic E-state index is 0.0709. The zero-order valence-electron chi connectivity index (χ0n) is 18.3. The van der Waals surface area contributed by atoms with Gasteiger partial charge < -0.3 is 10.2 Å². The number of nitrogens with one attached hydrogen (secondary N) is 1. The summed E-state index contributed by atoms with van der Waals surface area (Å²) in [7, 11) is 4.11. The van der Waals surface area contributed by atoms with Crippen LogP contribution in [-0.4, -0.2) is 36.5 Å². The van der Waals surface area contributed by atoms with Crippen molar-refractivity contribution in [3.8, 4) is 0 Å². The second-order valence-corrected chi connectivity index (χ2v) is 9.37. The van der Waals surface area contributed by atoms with E-state index < -0.39 is 0 Å². The highest BCUT2D eigenvalue weighted by atomic mass is 79.9. The molecule has 0 saturated heterocycles. The molecule has 1 N–H and O–H groups in total. The summed E-state index contributed by atoms with van der Waals surface area (Å²) in [6, 6.07) is 27.5. The van der Waals surface area contributed by atoms with Gasteiger partial charge in [0.2, 0.25) is 0 Å². The van der Waals surface area contributed by atoms with Crippen LogP contribution >= 0.6 is 28.1 Å². The average Bonchev–Trinajstić information content (AvgIpc) is 3.26. The van der Waals surface area contributed by atoms with Gasteiger partial charge in [0, 0.05) is 37.2 Å². The van der Waals surface area contributed by atoms with Gasteiger partial charge in [-0.15, -0.1) is 0 Å². The summed E-state index contributed by atoms with van der Waals surface area (Å²) in [4.78, 5) is 2.11. The summed E-state index contributed by atoms with van der Waals surface area (Å²) in [6.07, 6.45) is 1.73. The number of anilines is 1. The summed E-state index contributed by atoms with van der Waals surface area (Å²) >= 11 is 9.31. The number of hydrogen-bond donors (Lipinski definition) is 1. The molecule has 4 nitrogen and oxygen atoms in total. The molecule has 0 fully saturated rings. The number of hydrogen-bond acceptors (Lipinski definition) is 3. The van der Waals surface area contributed by atoms with Crippen molar-refractivity contribution in [2.75, 3.05) is 25.5 Å². The van der Waals surface area contributed by atoms with E-state index in [9.17, 15) is 0 Å². The number of rotatable bonds is 6. The maximum atomic E-state index is 5.79. The van der Waals surface area contributed by atoms with E-state index in [4.69, 9.17) is 17.3 Å². The van der Waals surface area contributed by atoms with Gasteiger partial charge in [0.15, 0.2) is 5.11 Å². The molecular formula is C26H27BrN4S. The van der Waals surface area contributed by atoms with Gasteiger partial charge in [-0.25, -0.2) is 5.01 Å². The lowest BCUT2D eigenvalue weighted by atomic mass is 9.98. The van der Waals surface area contributed by atoms with Crippen LogP contribution in [-0.2, 0) is 6.42 Å². The Morgan fingerprint density at radius 2 is 1.72 bits per heavy atom. The van der Waals surface area contributed by atoms with E-state index in [-0.39, 0.29) is 6.04 Å². The van der Waals surface area contributed by atoms with Gasteiger partial charge >= 0.3 is 0 Å². The van der Waals surface area contributed by atoms with E-state index >= 15 is 0 Å². The van der Waals surface area contributed by atoms with Gasteiger partial charge in [0.25, 0.3) is 0 Å². The van der Waals surface area contributed by atoms with Gasteiger partial charge in [-0.1, -0.05) is 70.5 Å². The van der Waals surface area contributed by atoms with Crippen molar-refractivity contribution >= 4 is 44.7 Å². The molecule has 0 aliphatic carbocycles. The van der Waals surface area contributed by atoms with Crippen LogP contribution in [0.5, 0.6) is 0 Å². The molecule has 0 saturated carbocycles. The van der Waals surface area contributed by atoms with Crippen molar-refractivity contribution < 1.29 is 0 Å². The maximum Gasteiger partial charge on any atom is 0.190 e.